The van der Waals surface area contributed by atoms with E-state index in [0.29, 0.717) is 19.3 Å². The molecule has 0 aromatic carbocycles. The Kier molecular flexibility index (Phi) is 29.1. The van der Waals surface area contributed by atoms with E-state index in [0.717, 1.165) is 38.5 Å². The van der Waals surface area contributed by atoms with Crippen LogP contribution in [0.25, 0.3) is 0 Å². The van der Waals surface area contributed by atoms with Crippen molar-refractivity contribution in [3.63, 3.8) is 0 Å². The monoisotopic (exact) mass is 909 g/mol. The van der Waals surface area contributed by atoms with Gasteiger partial charge in [0.15, 0.2) is 6.10 Å². The predicted octanol–water partition coefficient (Wildman–Crippen LogP) is 5.21. The number of carbonyl (C=O) groups is 2. The summed E-state index contributed by atoms with van der Waals surface area (Å²) in [5.74, 6) is -4.23. The van der Waals surface area contributed by atoms with Crippen LogP contribution in [0.5, 0.6) is 0 Å². The van der Waals surface area contributed by atoms with Gasteiger partial charge in [-0.25, -0.2) is 4.57 Å². The van der Waals surface area contributed by atoms with E-state index in [4.69, 9.17) is 18.5 Å². The van der Waals surface area contributed by atoms with Crippen LogP contribution in [-0.4, -0.2) is 132 Å². The Bertz CT molecular complexity index is 1320. The summed E-state index contributed by atoms with van der Waals surface area (Å²) in [5.41, 5.74) is 0. The Morgan fingerprint density at radius 3 is 1.90 bits per heavy atom. The van der Waals surface area contributed by atoms with Crippen LogP contribution in [0.3, 0.4) is 0 Å². The van der Waals surface area contributed by atoms with Gasteiger partial charge in [0.05, 0.1) is 43.5 Å². The molecule has 2 bridgehead atoms. The van der Waals surface area contributed by atoms with Gasteiger partial charge in [0.2, 0.25) is 0 Å². The average molecular weight is 909 g/mol. The Labute approximate surface area is 369 Å². The summed E-state index contributed by atoms with van der Waals surface area (Å²) < 4.78 is 34.4. The molecular weight excluding hydrogens is 827 g/mol. The number of hydrogen-bond donors (Lipinski definition) is 9. The molecule has 62 heavy (non-hydrogen) atoms. The average Bonchev–Trinajstić information content (AvgIpc) is 3.23. The number of cyclic esters (lactones) is 1. The van der Waals surface area contributed by atoms with E-state index in [1.165, 1.54) is 88.5 Å². The zero-order valence-corrected chi connectivity index (χ0v) is 38.1. The minimum atomic E-state index is -5.42. The van der Waals surface area contributed by atoms with Gasteiger partial charge in [0.1, 0.15) is 31.0 Å². The third kappa shape index (κ3) is 22.4. The molecule has 1 unspecified atom stereocenters. The molecule has 17 heteroatoms. The molecule has 0 aromatic heterocycles. The molecule has 362 valence electrons. The third-order valence-electron chi connectivity index (χ3n) is 11.9. The lowest BCUT2D eigenvalue weighted by atomic mass is 9.83. The fourth-order valence-electron chi connectivity index (χ4n) is 7.97. The molecule has 1 fully saturated rings. The molecule has 1 aliphatic carbocycles. The smallest absolute Gasteiger partial charge is 0.462 e. The largest absolute Gasteiger partial charge is 0.472 e. The minimum absolute atomic E-state index is 0.105. The molecule has 1 aliphatic heterocycles. The van der Waals surface area contributed by atoms with Gasteiger partial charge in [0, 0.05) is 24.7 Å². The summed E-state index contributed by atoms with van der Waals surface area (Å²) in [4.78, 5) is 36.3. The first-order valence-electron chi connectivity index (χ1n) is 23.4. The van der Waals surface area contributed by atoms with Crippen molar-refractivity contribution < 1.29 is 78.4 Å². The van der Waals surface area contributed by atoms with Gasteiger partial charge in [-0.2, -0.15) is 0 Å². The molecule has 2 aliphatic rings. The fraction of sp³-hybridized carbons (Fsp3) is 0.867. The summed E-state index contributed by atoms with van der Waals surface area (Å²) in [7, 11) is -5.42. The lowest BCUT2D eigenvalue weighted by Gasteiger charge is -2.37. The number of rotatable bonds is 24. The molecule has 1 heterocycles. The van der Waals surface area contributed by atoms with Crippen molar-refractivity contribution in [2.24, 2.45) is 11.8 Å². The fourth-order valence-corrected chi connectivity index (χ4v) is 8.94. The zero-order valence-electron chi connectivity index (χ0n) is 37.2. The molecule has 9 N–H and O–H groups in total. The number of unbranched alkanes of at least 4 members (excludes halogenated alkanes) is 16. The quantitative estimate of drug-likeness (QED) is 0.0260. The van der Waals surface area contributed by atoms with Crippen LogP contribution in [0.15, 0.2) is 24.3 Å². The molecule has 1 saturated carbocycles. The van der Waals surface area contributed by atoms with Crippen molar-refractivity contribution in [1.82, 2.24) is 0 Å². The lowest BCUT2D eigenvalue weighted by Crippen LogP contribution is -2.55. The number of esters is 2. The van der Waals surface area contributed by atoms with E-state index in [1.807, 2.05) is 6.92 Å². The highest BCUT2D eigenvalue weighted by atomic mass is 31.2. The van der Waals surface area contributed by atoms with Gasteiger partial charge in [-0.15, -0.1) is 0 Å². The lowest BCUT2D eigenvalue weighted by molar-refractivity contribution is -0.167. The number of carbonyl (C=O) groups excluding carboxylic acids is 2. The first kappa shape index (κ1) is 56.3. The van der Waals surface area contributed by atoms with Crippen molar-refractivity contribution in [2.45, 2.75) is 223 Å². The van der Waals surface area contributed by atoms with Crippen molar-refractivity contribution in [1.29, 1.82) is 0 Å². The van der Waals surface area contributed by atoms with E-state index in [9.17, 15) is 59.9 Å². The molecular formula is C45H81O16P. The number of aliphatic hydroxyl groups is 8. The Hall–Kier alpha value is -1.79. The number of allylic oxidation sites excluding steroid dienone is 1. The maximum Gasteiger partial charge on any atom is 0.472 e. The number of hydrogen-bond acceptors (Lipinski definition) is 15. The number of phosphoric acid groups is 1. The van der Waals surface area contributed by atoms with Gasteiger partial charge < -0.3 is 55.2 Å². The highest BCUT2D eigenvalue weighted by Crippen LogP contribution is 2.47. The number of phosphoric ester groups is 1. The number of ether oxygens (including phenoxy) is 2. The van der Waals surface area contributed by atoms with Crippen LogP contribution in [0.1, 0.15) is 162 Å². The summed E-state index contributed by atoms with van der Waals surface area (Å²) in [6, 6.07) is 0. The van der Waals surface area contributed by atoms with E-state index in [-0.39, 0.29) is 19.3 Å². The van der Waals surface area contributed by atoms with Crippen LogP contribution in [-0.2, 0) is 32.7 Å². The van der Waals surface area contributed by atoms with E-state index in [2.05, 4.69) is 6.92 Å². The summed E-state index contributed by atoms with van der Waals surface area (Å²) in [6.07, 6.45) is 5.46. The maximum absolute atomic E-state index is 13.4. The summed E-state index contributed by atoms with van der Waals surface area (Å²) in [6.45, 7) is 2.81. The Morgan fingerprint density at radius 2 is 1.31 bits per heavy atom. The van der Waals surface area contributed by atoms with Crippen molar-refractivity contribution >= 4 is 19.8 Å². The number of fused-ring (bicyclic) bond motifs is 4. The van der Waals surface area contributed by atoms with E-state index < -0.39 is 112 Å². The van der Waals surface area contributed by atoms with E-state index in [1.54, 1.807) is 0 Å². The second-order valence-corrected chi connectivity index (χ2v) is 18.7. The molecule has 0 aromatic rings. The standard InChI is InChI=1S/C45H81O16P/c1-3-5-7-8-9-10-11-12-13-14-15-16-17-18-20-25-38(49)58-30-33-31-59-62(56,57)61-45-43(54)41(52)35(28-27-32(46)23-19-6-4-2)37(48)29-36(47)34(40(51)42(53)44(45)55)24-21-22-26-39(50)60-33/h21-22,27-28,32-37,40-48,51-55H,3-20,23-26,29-31H2,1-2H3,(H,56,57)/b22-21-,28-27?/t32-,33-,34-,35+,36+,37-,40-,41-,42+,43-,44-,45-/m1/s1. The summed E-state index contributed by atoms with van der Waals surface area (Å²) in [5, 5.41) is 89.4. The first-order valence-corrected chi connectivity index (χ1v) is 24.9. The topological polar surface area (TPSA) is 270 Å². The predicted molar refractivity (Wildman–Crippen MR) is 232 cm³/mol. The molecule has 0 saturated heterocycles. The SMILES string of the molecule is CCCCCCCCCCCCCCCCCC(=O)OC[C@@H]1COP(=O)(O)O[C@H]2[C@H](O)[C@@H](O)[C@H](O)[C@H](C/C=C\CC(=O)O1)[C@@H](O)C[C@@H](O)[C@H](C=C[C@H](O)CCCCC)[C@@H](O)[C@H]2O. The van der Waals surface area contributed by atoms with Crippen molar-refractivity contribution in [2.75, 3.05) is 13.2 Å². The first-order chi connectivity index (χ1) is 29.6. The molecule has 16 nitrogen and oxygen atoms in total. The zero-order chi connectivity index (χ0) is 45.9. The van der Waals surface area contributed by atoms with Crippen molar-refractivity contribution in [3.05, 3.63) is 24.3 Å². The Balaban J connectivity index is 2.11. The second kappa shape index (κ2) is 32.0. The van der Waals surface area contributed by atoms with Gasteiger partial charge in [0.25, 0.3) is 0 Å². The highest BCUT2D eigenvalue weighted by Gasteiger charge is 2.49. The van der Waals surface area contributed by atoms with Gasteiger partial charge in [-0.3, -0.25) is 18.6 Å². The molecule has 0 radical (unpaired) electrons. The molecule has 0 spiro atoms. The van der Waals surface area contributed by atoms with Crippen LogP contribution < -0.4 is 0 Å². The molecule has 0 amide bonds. The minimum Gasteiger partial charge on any atom is -0.462 e. The van der Waals surface area contributed by atoms with Crippen LogP contribution >= 0.6 is 7.82 Å². The van der Waals surface area contributed by atoms with Gasteiger partial charge in [-0.05, 0) is 19.3 Å². The third-order valence-corrected chi connectivity index (χ3v) is 12.9. The van der Waals surface area contributed by atoms with Crippen molar-refractivity contribution in [3.8, 4) is 0 Å². The van der Waals surface area contributed by atoms with Crippen LogP contribution in [0.2, 0.25) is 0 Å². The highest BCUT2D eigenvalue weighted by molar-refractivity contribution is 7.47. The maximum atomic E-state index is 13.4. The van der Waals surface area contributed by atoms with Gasteiger partial charge in [-0.1, -0.05) is 147 Å². The normalized spacial score (nSPS) is 33.0. The number of aliphatic hydroxyl groups excluding tert-OH is 8. The Morgan fingerprint density at radius 1 is 0.758 bits per heavy atom. The molecule has 13 atom stereocenters. The summed E-state index contributed by atoms with van der Waals surface area (Å²) >= 11 is 0. The van der Waals surface area contributed by atoms with Crippen LogP contribution in [0, 0.1) is 11.8 Å². The molecule has 2 rings (SSSR count). The van der Waals surface area contributed by atoms with E-state index >= 15 is 0 Å². The van der Waals surface area contributed by atoms with Crippen LogP contribution in [0.4, 0.5) is 0 Å². The second-order valence-electron chi connectivity index (χ2n) is 17.3. The van der Waals surface area contributed by atoms with Gasteiger partial charge >= 0.3 is 19.8 Å².